The fraction of sp³-hybridized carbons (Fsp3) is 0.455. The Morgan fingerprint density at radius 3 is 2.18 bits per heavy atom. The third-order valence-electron chi connectivity index (χ3n) is 1.76. The summed E-state index contributed by atoms with van der Waals surface area (Å²) in [5.74, 6) is 0. The van der Waals surface area contributed by atoms with E-state index in [1.165, 1.54) is 16.7 Å². The highest BCUT2D eigenvalue weighted by Crippen LogP contribution is 2.16. The van der Waals surface area contributed by atoms with Crippen LogP contribution in [-0.4, -0.2) is 0 Å². The summed E-state index contributed by atoms with van der Waals surface area (Å²) in [5.41, 5.74) is 3.90. The average molecular weight is 150 g/mol. The van der Waals surface area contributed by atoms with Crippen LogP contribution in [-0.2, 0) is 0 Å². The van der Waals surface area contributed by atoms with Crippen LogP contribution in [0.3, 0.4) is 0 Å². The van der Waals surface area contributed by atoms with Gasteiger partial charge < -0.3 is 0 Å². The van der Waals surface area contributed by atoms with Gasteiger partial charge in [-0.15, -0.1) is 0 Å². The molecule has 11 heavy (non-hydrogen) atoms. The molecule has 0 radical (unpaired) electrons. The normalized spacial score (nSPS) is 13.5. The molecule has 0 rings (SSSR count). The van der Waals surface area contributed by atoms with Gasteiger partial charge in [0.05, 0.1) is 0 Å². The molecule has 0 spiro atoms. The maximum atomic E-state index is 3.94. The lowest BCUT2D eigenvalue weighted by atomic mass is 10.0. The standard InChI is InChI=1S/C11H18/c1-6-8-10(5)11(7-2)9(3)4/h6,8H,3,7H2,1-2,4-5H3/b8-6-,11-10+. The summed E-state index contributed by atoms with van der Waals surface area (Å²) in [5, 5.41) is 0. The Morgan fingerprint density at radius 1 is 1.36 bits per heavy atom. The maximum absolute atomic E-state index is 3.94. The molecule has 0 saturated carbocycles. The molecule has 0 amide bonds. The lowest BCUT2D eigenvalue weighted by molar-refractivity contribution is 1.08. The van der Waals surface area contributed by atoms with Crippen molar-refractivity contribution >= 4 is 0 Å². The Hall–Kier alpha value is -0.780. The van der Waals surface area contributed by atoms with Crippen molar-refractivity contribution in [3.05, 3.63) is 35.5 Å². The average Bonchev–Trinajstić information content (AvgIpc) is 1.88. The predicted molar refractivity (Wildman–Crippen MR) is 52.6 cm³/mol. The smallest absolute Gasteiger partial charge is 0.0302 e. The fourth-order valence-electron chi connectivity index (χ4n) is 1.27. The summed E-state index contributed by atoms with van der Waals surface area (Å²) in [6, 6.07) is 0. The van der Waals surface area contributed by atoms with E-state index in [1.54, 1.807) is 0 Å². The summed E-state index contributed by atoms with van der Waals surface area (Å²) in [6.07, 6.45) is 5.27. The second kappa shape index (κ2) is 4.95. The van der Waals surface area contributed by atoms with Gasteiger partial charge in [-0.3, -0.25) is 0 Å². The zero-order chi connectivity index (χ0) is 8.85. The molecule has 0 aromatic heterocycles. The maximum Gasteiger partial charge on any atom is -0.0302 e. The van der Waals surface area contributed by atoms with Gasteiger partial charge in [-0.1, -0.05) is 31.2 Å². The predicted octanol–water partition coefficient (Wildman–Crippen LogP) is 3.87. The molecule has 0 fully saturated rings. The Balaban J connectivity index is 4.67. The molecule has 0 heteroatoms. The molecule has 0 atom stereocenters. The Bertz CT molecular complexity index is 192. The van der Waals surface area contributed by atoms with E-state index in [4.69, 9.17) is 0 Å². The van der Waals surface area contributed by atoms with Crippen molar-refractivity contribution in [1.29, 1.82) is 0 Å². The molecule has 62 valence electrons. The quantitative estimate of drug-likeness (QED) is 0.536. The van der Waals surface area contributed by atoms with E-state index in [0.717, 1.165) is 6.42 Å². The first-order chi connectivity index (χ1) is 5.13. The van der Waals surface area contributed by atoms with Gasteiger partial charge in [-0.25, -0.2) is 0 Å². The molecule has 0 nitrogen and oxygen atoms in total. The second-order valence-corrected chi connectivity index (χ2v) is 2.80. The Labute approximate surface area is 70.3 Å². The number of hydrogen-bond acceptors (Lipinski definition) is 0. The summed E-state index contributed by atoms with van der Waals surface area (Å²) < 4.78 is 0. The molecule has 0 aromatic carbocycles. The largest absolute Gasteiger partial charge is 0.0958 e. The first-order valence-electron chi connectivity index (χ1n) is 4.11. The zero-order valence-electron chi connectivity index (χ0n) is 8.07. The molecule has 0 saturated heterocycles. The molecule has 0 N–H and O–H groups in total. The van der Waals surface area contributed by atoms with Gasteiger partial charge in [-0.05, 0) is 38.3 Å². The molecule has 0 aliphatic carbocycles. The highest BCUT2D eigenvalue weighted by molar-refractivity contribution is 5.35. The van der Waals surface area contributed by atoms with E-state index in [0.29, 0.717) is 0 Å². The van der Waals surface area contributed by atoms with E-state index in [1.807, 2.05) is 6.92 Å². The topological polar surface area (TPSA) is 0 Å². The first-order valence-corrected chi connectivity index (χ1v) is 4.11. The number of hydrogen-bond donors (Lipinski definition) is 0. The van der Waals surface area contributed by atoms with Crippen LogP contribution in [0, 0.1) is 0 Å². The van der Waals surface area contributed by atoms with Crippen LogP contribution in [0.1, 0.15) is 34.1 Å². The van der Waals surface area contributed by atoms with Gasteiger partial charge in [0.2, 0.25) is 0 Å². The van der Waals surface area contributed by atoms with Crippen molar-refractivity contribution in [3.8, 4) is 0 Å². The molecule has 0 aliphatic rings. The minimum Gasteiger partial charge on any atom is -0.0958 e. The van der Waals surface area contributed by atoms with Crippen LogP contribution in [0.5, 0.6) is 0 Å². The van der Waals surface area contributed by atoms with Gasteiger partial charge >= 0.3 is 0 Å². The van der Waals surface area contributed by atoms with Crippen LogP contribution in [0.4, 0.5) is 0 Å². The van der Waals surface area contributed by atoms with Gasteiger partial charge in [0, 0.05) is 0 Å². The summed E-state index contributed by atoms with van der Waals surface area (Å²) >= 11 is 0. The summed E-state index contributed by atoms with van der Waals surface area (Å²) in [7, 11) is 0. The van der Waals surface area contributed by atoms with E-state index in [-0.39, 0.29) is 0 Å². The molecule has 0 aliphatic heterocycles. The van der Waals surface area contributed by atoms with Crippen molar-refractivity contribution in [2.24, 2.45) is 0 Å². The van der Waals surface area contributed by atoms with Gasteiger partial charge in [0.15, 0.2) is 0 Å². The third-order valence-corrected chi connectivity index (χ3v) is 1.76. The molecule has 0 heterocycles. The molecule has 0 aromatic rings. The SMILES string of the molecule is C=C(C)/C(CC)=C(C)/C=C\C. The van der Waals surface area contributed by atoms with Crippen molar-refractivity contribution in [3.63, 3.8) is 0 Å². The Morgan fingerprint density at radius 2 is 1.91 bits per heavy atom. The Kier molecular flexibility index (Phi) is 4.60. The van der Waals surface area contributed by atoms with Gasteiger partial charge in [-0.2, -0.15) is 0 Å². The van der Waals surface area contributed by atoms with E-state index in [2.05, 4.69) is 39.5 Å². The highest BCUT2D eigenvalue weighted by atomic mass is 14.0. The van der Waals surface area contributed by atoms with Crippen LogP contribution in [0.2, 0.25) is 0 Å². The van der Waals surface area contributed by atoms with Crippen LogP contribution >= 0.6 is 0 Å². The number of rotatable bonds is 3. The van der Waals surface area contributed by atoms with Gasteiger partial charge in [0.1, 0.15) is 0 Å². The van der Waals surface area contributed by atoms with Crippen molar-refractivity contribution < 1.29 is 0 Å². The number of allylic oxidation sites excluding steroid dienone is 5. The van der Waals surface area contributed by atoms with E-state index < -0.39 is 0 Å². The van der Waals surface area contributed by atoms with Crippen LogP contribution in [0.15, 0.2) is 35.5 Å². The van der Waals surface area contributed by atoms with Crippen molar-refractivity contribution in [1.82, 2.24) is 0 Å². The highest BCUT2D eigenvalue weighted by Gasteiger charge is 1.96. The van der Waals surface area contributed by atoms with Crippen LogP contribution < -0.4 is 0 Å². The summed E-state index contributed by atoms with van der Waals surface area (Å²) in [4.78, 5) is 0. The zero-order valence-corrected chi connectivity index (χ0v) is 8.07. The minimum atomic E-state index is 1.07. The van der Waals surface area contributed by atoms with E-state index >= 15 is 0 Å². The molecule has 0 unspecified atom stereocenters. The fourth-order valence-corrected chi connectivity index (χ4v) is 1.27. The lowest BCUT2D eigenvalue weighted by Gasteiger charge is -2.05. The minimum absolute atomic E-state index is 1.07. The summed E-state index contributed by atoms with van der Waals surface area (Å²) in [6.45, 7) is 12.3. The van der Waals surface area contributed by atoms with Crippen LogP contribution in [0.25, 0.3) is 0 Å². The van der Waals surface area contributed by atoms with Crippen molar-refractivity contribution in [2.45, 2.75) is 34.1 Å². The van der Waals surface area contributed by atoms with Crippen molar-refractivity contribution in [2.75, 3.05) is 0 Å². The third kappa shape index (κ3) is 3.22. The molecular weight excluding hydrogens is 132 g/mol. The molecule has 0 bridgehead atoms. The van der Waals surface area contributed by atoms with E-state index in [9.17, 15) is 0 Å². The first kappa shape index (κ1) is 10.2. The lowest BCUT2D eigenvalue weighted by Crippen LogP contribution is -1.85. The monoisotopic (exact) mass is 150 g/mol. The second-order valence-electron chi connectivity index (χ2n) is 2.80. The van der Waals surface area contributed by atoms with Gasteiger partial charge in [0.25, 0.3) is 0 Å². The molecular formula is C11H18.